The van der Waals surface area contributed by atoms with Crippen molar-refractivity contribution in [2.75, 3.05) is 4.72 Å². The molecule has 0 aromatic heterocycles. The van der Waals surface area contributed by atoms with Crippen molar-refractivity contribution >= 4 is 21.6 Å². The smallest absolute Gasteiger partial charge is 0.261 e. The summed E-state index contributed by atoms with van der Waals surface area (Å²) >= 11 is 0. The van der Waals surface area contributed by atoms with Crippen LogP contribution in [-0.2, 0) is 10.0 Å². The molecule has 7 heteroatoms. The van der Waals surface area contributed by atoms with Crippen LogP contribution in [0.2, 0.25) is 0 Å². The lowest BCUT2D eigenvalue weighted by Gasteiger charge is -2.17. The Bertz CT molecular complexity index is 1070. The zero-order valence-corrected chi connectivity index (χ0v) is 15.9. The molecule has 28 heavy (non-hydrogen) atoms. The second-order valence-corrected chi connectivity index (χ2v) is 7.89. The molecular formula is C21H19FN2O3S. The van der Waals surface area contributed by atoms with E-state index in [9.17, 15) is 17.6 Å². The van der Waals surface area contributed by atoms with Gasteiger partial charge in [-0.15, -0.1) is 0 Å². The minimum Gasteiger partial charge on any atom is -0.345 e. The summed E-state index contributed by atoms with van der Waals surface area (Å²) in [4.78, 5) is 12.6. The van der Waals surface area contributed by atoms with Crippen LogP contribution in [-0.4, -0.2) is 14.3 Å². The van der Waals surface area contributed by atoms with Crippen LogP contribution in [0.4, 0.5) is 10.1 Å². The second kappa shape index (κ2) is 8.22. The van der Waals surface area contributed by atoms with Crippen LogP contribution in [0.5, 0.6) is 0 Å². The molecule has 3 aromatic carbocycles. The van der Waals surface area contributed by atoms with Crippen molar-refractivity contribution in [3.8, 4) is 0 Å². The number of hydrogen-bond acceptors (Lipinski definition) is 3. The third-order valence-corrected chi connectivity index (χ3v) is 5.57. The number of amides is 1. The van der Waals surface area contributed by atoms with Gasteiger partial charge in [-0.3, -0.25) is 9.52 Å². The average Bonchev–Trinajstić information content (AvgIpc) is 2.69. The van der Waals surface area contributed by atoms with Crippen molar-refractivity contribution in [2.24, 2.45) is 0 Å². The predicted octanol–water partition coefficient (Wildman–Crippen LogP) is 4.12. The van der Waals surface area contributed by atoms with Crippen molar-refractivity contribution in [1.82, 2.24) is 5.32 Å². The number of carbonyl (C=O) groups excluding carboxylic acids is 1. The summed E-state index contributed by atoms with van der Waals surface area (Å²) in [7, 11) is -3.96. The predicted molar refractivity (Wildman–Crippen MR) is 106 cm³/mol. The van der Waals surface area contributed by atoms with Crippen molar-refractivity contribution in [3.05, 3.63) is 95.8 Å². The number of halogens is 1. The average molecular weight is 398 g/mol. The first kappa shape index (κ1) is 19.6. The van der Waals surface area contributed by atoms with Crippen LogP contribution >= 0.6 is 0 Å². The van der Waals surface area contributed by atoms with Gasteiger partial charge in [0.1, 0.15) is 5.82 Å². The Morgan fingerprint density at radius 2 is 1.50 bits per heavy atom. The van der Waals surface area contributed by atoms with E-state index in [1.54, 1.807) is 12.1 Å². The molecule has 0 radical (unpaired) electrons. The number of anilines is 1. The van der Waals surface area contributed by atoms with Crippen LogP contribution < -0.4 is 10.0 Å². The van der Waals surface area contributed by atoms with Gasteiger partial charge >= 0.3 is 0 Å². The fourth-order valence-corrected chi connectivity index (χ4v) is 3.77. The molecule has 0 aliphatic heterocycles. The highest BCUT2D eigenvalue weighted by atomic mass is 32.2. The van der Waals surface area contributed by atoms with Crippen molar-refractivity contribution in [1.29, 1.82) is 0 Å². The molecule has 0 saturated carbocycles. The molecule has 0 saturated heterocycles. The highest BCUT2D eigenvalue weighted by Gasteiger charge is 2.19. The summed E-state index contributed by atoms with van der Waals surface area (Å²) in [5.74, 6) is -0.942. The quantitative estimate of drug-likeness (QED) is 0.656. The van der Waals surface area contributed by atoms with Gasteiger partial charge in [-0.2, -0.15) is 0 Å². The summed E-state index contributed by atoms with van der Waals surface area (Å²) in [6.45, 7) is 1.85. The zero-order valence-electron chi connectivity index (χ0n) is 15.1. The van der Waals surface area contributed by atoms with Crippen molar-refractivity contribution in [2.45, 2.75) is 17.9 Å². The van der Waals surface area contributed by atoms with Crippen LogP contribution in [0.25, 0.3) is 0 Å². The standard InChI is InChI=1S/C21H19FN2O3S/c1-15(16-7-3-2-4-8-16)23-21(25)19-9-5-6-10-20(19)24-28(26,27)18-13-11-17(22)12-14-18/h2-15,24H,1H3,(H,23,25)/t15-/m0/s1. The van der Waals surface area contributed by atoms with Crippen LogP contribution in [0.15, 0.2) is 83.8 Å². The van der Waals surface area contributed by atoms with Gasteiger partial charge < -0.3 is 5.32 Å². The molecule has 5 nitrogen and oxygen atoms in total. The molecule has 0 aliphatic rings. The van der Waals surface area contributed by atoms with E-state index in [0.717, 1.165) is 29.8 Å². The highest BCUT2D eigenvalue weighted by molar-refractivity contribution is 7.92. The van der Waals surface area contributed by atoms with E-state index >= 15 is 0 Å². The molecule has 144 valence electrons. The van der Waals surface area contributed by atoms with E-state index in [-0.39, 0.29) is 22.2 Å². The summed E-state index contributed by atoms with van der Waals surface area (Å²) in [5.41, 5.74) is 1.26. The fourth-order valence-electron chi connectivity index (χ4n) is 2.69. The van der Waals surface area contributed by atoms with E-state index in [2.05, 4.69) is 10.0 Å². The first-order valence-electron chi connectivity index (χ1n) is 8.60. The SMILES string of the molecule is C[C@H](NC(=O)c1ccccc1NS(=O)(=O)c1ccc(F)cc1)c1ccccc1. The van der Waals surface area contributed by atoms with Crippen LogP contribution in [0.3, 0.4) is 0 Å². The summed E-state index contributed by atoms with van der Waals surface area (Å²) < 4.78 is 40.6. The Morgan fingerprint density at radius 3 is 2.18 bits per heavy atom. The number of benzene rings is 3. The van der Waals surface area contributed by atoms with Gasteiger partial charge in [-0.1, -0.05) is 42.5 Å². The largest absolute Gasteiger partial charge is 0.345 e. The summed E-state index contributed by atoms with van der Waals surface area (Å²) in [6, 6.07) is 20.0. The molecule has 1 atom stereocenters. The molecule has 0 bridgehead atoms. The Labute approximate surface area is 163 Å². The van der Waals surface area contributed by atoms with E-state index in [0.29, 0.717) is 0 Å². The Kier molecular flexibility index (Phi) is 5.75. The number of rotatable bonds is 6. The number of nitrogens with one attached hydrogen (secondary N) is 2. The molecule has 2 N–H and O–H groups in total. The number of sulfonamides is 1. The molecular weight excluding hydrogens is 379 g/mol. The first-order valence-corrected chi connectivity index (χ1v) is 10.1. The third-order valence-electron chi connectivity index (χ3n) is 4.19. The normalized spacial score (nSPS) is 12.2. The summed E-state index contributed by atoms with van der Waals surface area (Å²) in [6.07, 6.45) is 0. The maximum Gasteiger partial charge on any atom is 0.261 e. The van der Waals surface area contributed by atoms with Gasteiger partial charge in [0.05, 0.1) is 22.2 Å². The monoisotopic (exact) mass is 398 g/mol. The fraction of sp³-hybridized carbons (Fsp3) is 0.0952. The first-order chi connectivity index (χ1) is 13.4. The van der Waals surface area contributed by atoms with Crippen molar-refractivity contribution < 1.29 is 17.6 Å². The highest BCUT2D eigenvalue weighted by Crippen LogP contribution is 2.21. The van der Waals surface area contributed by atoms with E-state index < -0.39 is 21.7 Å². The summed E-state index contributed by atoms with van der Waals surface area (Å²) in [5, 5.41) is 2.86. The van der Waals surface area contributed by atoms with Gasteiger partial charge in [-0.05, 0) is 48.9 Å². The minimum absolute atomic E-state index is 0.0956. The van der Waals surface area contributed by atoms with Gasteiger partial charge in [0.15, 0.2) is 0 Å². The van der Waals surface area contributed by atoms with E-state index in [4.69, 9.17) is 0 Å². The Hall–Kier alpha value is -3.19. The van der Waals surface area contributed by atoms with Crippen LogP contribution in [0.1, 0.15) is 28.9 Å². The molecule has 3 rings (SSSR count). The number of para-hydroxylation sites is 1. The van der Waals surface area contributed by atoms with Gasteiger partial charge in [0, 0.05) is 0 Å². The number of carbonyl (C=O) groups is 1. The lowest BCUT2D eigenvalue weighted by atomic mass is 10.1. The molecule has 0 aliphatic carbocycles. The third kappa shape index (κ3) is 4.55. The molecule has 0 unspecified atom stereocenters. The topological polar surface area (TPSA) is 75.3 Å². The van der Waals surface area contributed by atoms with Gasteiger partial charge in [-0.25, -0.2) is 12.8 Å². The Morgan fingerprint density at radius 1 is 0.893 bits per heavy atom. The maximum absolute atomic E-state index is 13.1. The minimum atomic E-state index is -3.96. The molecule has 0 fully saturated rings. The van der Waals surface area contributed by atoms with Gasteiger partial charge in [0.25, 0.3) is 15.9 Å². The molecule has 1 amide bonds. The van der Waals surface area contributed by atoms with Gasteiger partial charge in [0.2, 0.25) is 0 Å². The van der Waals surface area contributed by atoms with Crippen molar-refractivity contribution in [3.63, 3.8) is 0 Å². The Balaban J connectivity index is 1.83. The zero-order chi connectivity index (χ0) is 20.1. The van der Waals surface area contributed by atoms with E-state index in [1.165, 1.54) is 12.1 Å². The molecule has 3 aromatic rings. The maximum atomic E-state index is 13.1. The number of hydrogen-bond donors (Lipinski definition) is 2. The molecule has 0 spiro atoms. The lowest BCUT2D eigenvalue weighted by Crippen LogP contribution is -2.28. The van der Waals surface area contributed by atoms with E-state index in [1.807, 2.05) is 37.3 Å². The van der Waals surface area contributed by atoms with Crippen LogP contribution in [0, 0.1) is 5.82 Å². The lowest BCUT2D eigenvalue weighted by molar-refractivity contribution is 0.0941. The molecule has 0 heterocycles. The second-order valence-electron chi connectivity index (χ2n) is 6.21.